The molecule has 0 radical (unpaired) electrons. The molecule has 2 N–H and O–H groups in total. The average Bonchev–Trinajstić information content (AvgIpc) is 3.12. The van der Waals surface area contributed by atoms with E-state index < -0.39 is 0 Å². The molecule has 5 nitrogen and oxygen atoms in total. The van der Waals surface area contributed by atoms with Gasteiger partial charge in [-0.05, 0) is 43.2 Å². The number of hydrogen-bond acceptors (Lipinski definition) is 6. The standard InChI is InChI=1S/C16H19N5S/c1-2-12-13(17-7-1)22-15(19-12)20-14-18-9-16(21-14)8-10-3-5-11(16)6-4-10/h1-2,7,10-11H,3-6,8-9H2,(H2,18,19,20,21)/t10?,11?,16-/m0/s1. The lowest BCUT2D eigenvalue weighted by Crippen LogP contribution is -2.48. The molecule has 22 heavy (non-hydrogen) atoms. The van der Waals surface area contributed by atoms with Gasteiger partial charge in [0.2, 0.25) is 0 Å². The second kappa shape index (κ2) is 4.65. The van der Waals surface area contributed by atoms with Crippen molar-refractivity contribution in [2.75, 3.05) is 11.9 Å². The van der Waals surface area contributed by atoms with Gasteiger partial charge in [-0.2, -0.15) is 0 Å². The molecule has 6 rings (SSSR count). The summed E-state index contributed by atoms with van der Waals surface area (Å²) in [5, 5.41) is 7.72. The normalized spacial score (nSPS) is 33.2. The highest BCUT2D eigenvalue weighted by atomic mass is 32.1. The molecule has 2 aromatic rings. The zero-order chi connectivity index (χ0) is 14.6. The van der Waals surface area contributed by atoms with E-state index in [-0.39, 0.29) is 5.54 Å². The number of aliphatic imine (C=N–C) groups is 1. The number of pyridine rings is 1. The third kappa shape index (κ3) is 1.93. The fourth-order valence-corrected chi connectivity index (χ4v) is 5.27. The summed E-state index contributed by atoms with van der Waals surface area (Å²) in [6, 6.07) is 3.92. The second-order valence-corrected chi connectivity index (χ2v) is 7.79. The zero-order valence-electron chi connectivity index (χ0n) is 12.4. The minimum atomic E-state index is 0.151. The number of fused-ring (bicyclic) bond motifs is 3. The molecule has 2 aromatic heterocycles. The average molecular weight is 313 g/mol. The van der Waals surface area contributed by atoms with Crippen LogP contribution in [0.15, 0.2) is 23.3 Å². The maximum Gasteiger partial charge on any atom is 0.198 e. The van der Waals surface area contributed by atoms with E-state index in [1.807, 2.05) is 18.3 Å². The topological polar surface area (TPSA) is 62.2 Å². The number of guanidine groups is 1. The first kappa shape index (κ1) is 12.8. The van der Waals surface area contributed by atoms with Crippen molar-refractivity contribution in [1.29, 1.82) is 0 Å². The summed E-state index contributed by atoms with van der Waals surface area (Å²) in [7, 11) is 0. The van der Waals surface area contributed by atoms with Gasteiger partial charge in [0.25, 0.3) is 0 Å². The van der Waals surface area contributed by atoms with Gasteiger partial charge in [-0.25, -0.2) is 15.0 Å². The lowest BCUT2D eigenvalue weighted by Gasteiger charge is -2.47. The predicted molar refractivity (Wildman–Crippen MR) is 89.3 cm³/mol. The van der Waals surface area contributed by atoms with Crippen LogP contribution in [0.25, 0.3) is 10.3 Å². The fraction of sp³-hybridized carbons (Fsp3) is 0.562. The van der Waals surface area contributed by atoms with Gasteiger partial charge in [0.05, 0.1) is 5.54 Å². The Bertz CT molecular complexity index is 713. The van der Waals surface area contributed by atoms with Crippen LogP contribution < -0.4 is 10.6 Å². The van der Waals surface area contributed by atoms with Crippen molar-refractivity contribution in [2.45, 2.75) is 37.6 Å². The van der Waals surface area contributed by atoms with Gasteiger partial charge in [0, 0.05) is 12.7 Å². The first-order chi connectivity index (χ1) is 10.8. The minimum Gasteiger partial charge on any atom is -0.354 e. The number of aromatic nitrogens is 2. The van der Waals surface area contributed by atoms with Gasteiger partial charge in [0.15, 0.2) is 11.1 Å². The predicted octanol–water partition coefficient (Wildman–Crippen LogP) is 3.01. The van der Waals surface area contributed by atoms with Crippen molar-refractivity contribution >= 4 is 32.8 Å². The van der Waals surface area contributed by atoms with E-state index >= 15 is 0 Å². The number of anilines is 1. The van der Waals surface area contributed by atoms with Gasteiger partial charge < -0.3 is 10.6 Å². The minimum absolute atomic E-state index is 0.151. The maximum absolute atomic E-state index is 5.07. The number of thiazole rings is 1. The molecule has 4 aliphatic rings. The molecule has 6 heteroatoms. The molecule has 1 spiro atoms. The number of nitrogens with one attached hydrogen (secondary N) is 2. The molecule has 3 saturated carbocycles. The Hall–Kier alpha value is -1.69. The molecule has 0 amide bonds. The van der Waals surface area contributed by atoms with E-state index in [2.05, 4.69) is 20.6 Å². The summed E-state index contributed by atoms with van der Waals surface area (Å²) in [5.41, 5.74) is 1.10. The summed E-state index contributed by atoms with van der Waals surface area (Å²) in [6.07, 6.45) is 8.60. The first-order valence-corrected chi connectivity index (χ1v) is 8.95. The first-order valence-electron chi connectivity index (χ1n) is 8.13. The molecule has 0 unspecified atom stereocenters. The Kier molecular flexibility index (Phi) is 2.71. The SMILES string of the molecule is c1cnc2sc(NC3=N[C@]4(CN3)CC3CCC4CC3)nc2c1. The van der Waals surface area contributed by atoms with Crippen molar-refractivity contribution in [2.24, 2.45) is 16.8 Å². The van der Waals surface area contributed by atoms with Crippen molar-refractivity contribution in [3.63, 3.8) is 0 Å². The van der Waals surface area contributed by atoms with Gasteiger partial charge in [-0.3, -0.25) is 0 Å². The van der Waals surface area contributed by atoms with Crippen LogP contribution in [0.2, 0.25) is 0 Å². The maximum atomic E-state index is 5.07. The third-order valence-corrected chi connectivity index (χ3v) is 6.43. The van der Waals surface area contributed by atoms with Crippen LogP contribution in [0, 0.1) is 11.8 Å². The summed E-state index contributed by atoms with van der Waals surface area (Å²) in [5.74, 6) is 2.55. The zero-order valence-corrected chi connectivity index (χ0v) is 13.2. The number of nitrogens with zero attached hydrogens (tertiary/aromatic N) is 3. The van der Waals surface area contributed by atoms with E-state index in [4.69, 9.17) is 4.99 Å². The Balaban J connectivity index is 1.41. The molecular weight excluding hydrogens is 294 g/mol. The Morgan fingerprint density at radius 1 is 1.27 bits per heavy atom. The van der Waals surface area contributed by atoms with E-state index in [0.717, 1.165) is 39.8 Å². The molecular formula is C16H19N5S. The molecule has 1 aliphatic heterocycles. The van der Waals surface area contributed by atoms with Crippen LogP contribution in [-0.2, 0) is 0 Å². The quantitative estimate of drug-likeness (QED) is 0.849. The highest BCUT2D eigenvalue weighted by molar-refractivity contribution is 7.21. The van der Waals surface area contributed by atoms with E-state index in [0.29, 0.717) is 0 Å². The van der Waals surface area contributed by atoms with Crippen LogP contribution in [-0.4, -0.2) is 28.0 Å². The Labute approximate surface area is 133 Å². The fourth-order valence-electron chi connectivity index (χ4n) is 4.46. The smallest absolute Gasteiger partial charge is 0.198 e. The molecule has 3 fully saturated rings. The summed E-state index contributed by atoms with van der Waals surface area (Å²) in [4.78, 5) is 15.0. The van der Waals surface area contributed by atoms with Gasteiger partial charge >= 0.3 is 0 Å². The second-order valence-electron chi connectivity index (χ2n) is 6.81. The number of rotatable bonds is 1. The Morgan fingerprint density at radius 2 is 2.18 bits per heavy atom. The summed E-state index contributed by atoms with van der Waals surface area (Å²) in [6.45, 7) is 0.986. The van der Waals surface area contributed by atoms with Gasteiger partial charge in [-0.1, -0.05) is 24.2 Å². The van der Waals surface area contributed by atoms with Crippen LogP contribution in [0.5, 0.6) is 0 Å². The molecule has 3 heterocycles. The van der Waals surface area contributed by atoms with Crippen LogP contribution in [0.3, 0.4) is 0 Å². The highest BCUT2D eigenvalue weighted by Crippen LogP contribution is 2.50. The van der Waals surface area contributed by atoms with Crippen molar-refractivity contribution in [1.82, 2.24) is 15.3 Å². The molecule has 2 bridgehead atoms. The molecule has 3 aliphatic carbocycles. The van der Waals surface area contributed by atoms with Crippen LogP contribution >= 0.6 is 11.3 Å². The third-order valence-electron chi connectivity index (χ3n) is 5.54. The van der Waals surface area contributed by atoms with Crippen molar-refractivity contribution in [3.8, 4) is 0 Å². The summed E-state index contributed by atoms with van der Waals surface area (Å²) >= 11 is 1.58. The van der Waals surface area contributed by atoms with Gasteiger partial charge in [0.1, 0.15) is 10.3 Å². The highest BCUT2D eigenvalue weighted by Gasteiger charge is 2.49. The summed E-state index contributed by atoms with van der Waals surface area (Å²) < 4.78 is 0. The Morgan fingerprint density at radius 3 is 2.95 bits per heavy atom. The van der Waals surface area contributed by atoms with Crippen molar-refractivity contribution in [3.05, 3.63) is 18.3 Å². The molecule has 0 aromatic carbocycles. The molecule has 0 saturated heterocycles. The molecule has 114 valence electrons. The van der Waals surface area contributed by atoms with E-state index in [1.165, 1.54) is 32.1 Å². The van der Waals surface area contributed by atoms with Crippen LogP contribution in [0.4, 0.5) is 5.13 Å². The number of hydrogen-bond donors (Lipinski definition) is 2. The van der Waals surface area contributed by atoms with E-state index in [1.54, 1.807) is 11.3 Å². The van der Waals surface area contributed by atoms with Crippen LogP contribution in [0.1, 0.15) is 32.1 Å². The van der Waals surface area contributed by atoms with Crippen molar-refractivity contribution < 1.29 is 0 Å². The monoisotopic (exact) mass is 313 g/mol. The lowest BCUT2D eigenvalue weighted by atomic mass is 9.61. The molecule has 1 atom stereocenters. The lowest BCUT2D eigenvalue weighted by molar-refractivity contribution is 0.0808. The largest absolute Gasteiger partial charge is 0.354 e. The van der Waals surface area contributed by atoms with Gasteiger partial charge in [-0.15, -0.1) is 0 Å². The van der Waals surface area contributed by atoms with E-state index in [9.17, 15) is 0 Å².